The molecule has 0 saturated carbocycles. The van der Waals surface area contributed by atoms with E-state index in [2.05, 4.69) is 36.0 Å². The van der Waals surface area contributed by atoms with Crippen LogP contribution in [0, 0.1) is 0 Å². The lowest BCUT2D eigenvalue weighted by Crippen LogP contribution is -2.24. The Morgan fingerprint density at radius 3 is 2.00 bits per heavy atom. The van der Waals surface area contributed by atoms with Crippen LogP contribution < -0.4 is 0 Å². The molecule has 0 radical (unpaired) electrons. The summed E-state index contributed by atoms with van der Waals surface area (Å²) < 4.78 is 4.23. The number of carbonyl (C=O) groups is 3. The van der Waals surface area contributed by atoms with Crippen molar-refractivity contribution >= 4 is 17.5 Å². The van der Waals surface area contributed by atoms with Crippen molar-refractivity contribution in [1.82, 2.24) is 0 Å². The smallest absolute Gasteiger partial charge is 0.382 e. The fourth-order valence-electron chi connectivity index (χ4n) is 2.06. The Kier molecular flexibility index (Phi) is 14.1. The quantitative estimate of drug-likeness (QED) is 0.157. The van der Waals surface area contributed by atoms with Crippen LogP contribution in [0.3, 0.4) is 0 Å². The molecule has 0 N–H and O–H groups in total. The van der Waals surface area contributed by atoms with Crippen molar-refractivity contribution in [1.29, 1.82) is 0 Å². The van der Waals surface area contributed by atoms with E-state index in [0.29, 0.717) is 6.42 Å². The summed E-state index contributed by atoms with van der Waals surface area (Å²) >= 11 is 0. The van der Waals surface area contributed by atoms with E-state index in [4.69, 9.17) is 0 Å². The predicted octanol–water partition coefficient (Wildman–Crippen LogP) is 4.33. The zero-order chi connectivity index (χ0) is 17.3. The van der Waals surface area contributed by atoms with Gasteiger partial charge >= 0.3 is 11.8 Å². The average Bonchev–Trinajstić information content (AvgIpc) is 2.57. The van der Waals surface area contributed by atoms with Gasteiger partial charge in [-0.1, -0.05) is 50.5 Å². The Morgan fingerprint density at radius 2 is 1.43 bits per heavy atom. The molecule has 0 fully saturated rings. The molecule has 0 amide bonds. The van der Waals surface area contributed by atoms with E-state index in [1.165, 1.54) is 25.7 Å². The van der Waals surface area contributed by atoms with E-state index in [1.54, 1.807) is 0 Å². The molecule has 0 atom stereocenters. The van der Waals surface area contributed by atoms with Crippen molar-refractivity contribution in [2.75, 3.05) is 7.11 Å². The molecule has 0 spiro atoms. The lowest BCUT2D eigenvalue weighted by atomic mass is 10.1. The molecule has 0 aromatic rings. The van der Waals surface area contributed by atoms with Crippen LogP contribution in [-0.4, -0.2) is 24.6 Å². The standard InChI is InChI=1S/C19H30O4/c1-3-4-5-6-7-8-9-10-11-12-13-14-15-16-17(20)18(21)19(22)23-2/h7-8,10-11H,3-6,9,12-16H2,1-2H3/b8-7-,11-10-. The molecule has 0 bridgehead atoms. The van der Waals surface area contributed by atoms with E-state index in [9.17, 15) is 14.4 Å². The first-order valence-electron chi connectivity index (χ1n) is 8.59. The number of rotatable bonds is 14. The van der Waals surface area contributed by atoms with Gasteiger partial charge in [-0.05, 0) is 38.5 Å². The molecule has 130 valence electrons. The first-order valence-corrected chi connectivity index (χ1v) is 8.59. The first-order chi connectivity index (χ1) is 11.1. The minimum atomic E-state index is -1.07. The maximum absolute atomic E-state index is 11.4. The maximum atomic E-state index is 11.4. The van der Waals surface area contributed by atoms with Crippen molar-refractivity contribution in [3.8, 4) is 0 Å². The van der Waals surface area contributed by atoms with Crippen LogP contribution in [0.5, 0.6) is 0 Å². The van der Waals surface area contributed by atoms with Gasteiger partial charge in [-0.25, -0.2) is 4.79 Å². The molecule has 0 aromatic carbocycles. The summed E-state index contributed by atoms with van der Waals surface area (Å²) in [6, 6.07) is 0. The number of unbranched alkanes of at least 4 members (excludes halogenated alkanes) is 6. The highest BCUT2D eigenvalue weighted by Crippen LogP contribution is 2.06. The van der Waals surface area contributed by atoms with Gasteiger partial charge in [0, 0.05) is 6.42 Å². The van der Waals surface area contributed by atoms with Gasteiger partial charge in [0.15, 0.2) is 0 Å². The van der Waals surface area contributed by atoms with Gasteiger partial charge in [-0.3, -0.25) is 9.59 Å². The maximum Gasteiger partial charge on any atom is 0.382 e. The van der Waals surface area contributed by atoms with Crippen LogP contribution in [0.1, 0.15) is 71.1 Å². The third kappa shape index (κ3) is 12.5. The number of ether oxygens (including phenoxy) is 1. The van der Waals surface area contributed by atoms with Crippen molar-refractivity contribution < 1.29 is 19.1 Å². The molecule has 0 heterocycles. The second-order valence-corrected chi connectivity index (χ2v) is 5.52. The van der Waals surface area contributed by atoms with Gasteiger partial charge in [0.2, 0.25) is 5.78 Å². The summed E-state index contributed by atoms with van der Waals surface area (Å²) in [5, 5.41) is 0. The van der Waals surface area contributed by atoms with Gasteiger partial charge in [0.05, 0.1) is 7.11 Å². The van der Waals surface area contributed by atoms with Crippen LogP contribution in [-0.2, 0) is 19.1 Å². The third-order valence-electron chi connectivity index (χ3n) is 3.48. The van der Waals surface area contributed by atoms with Crippen LogP contribution in [0.4, 0.5) is 0 Å². The highest BCUT2D eigenvalue weighted by atomic mass is 16.5. The van der Waals surface area contributed by atoms with E-state index in [1.807, 2.05) is 0 Å². The normalized spacial score (nSPS) is 11.2. The van der Waals surface area contributed by atoms with E-state index in [0.717, 1.165) is 32.8 Å². The summed E-state index contributed by atoms with van der Waals surface area (Å²) in [5.41, 5.74) is 0. The largest absolute Gasteiger partial charge is 0.463 e. The Balaban J connectivity index is 3.52. The van der Waals surface area contributed by atoms with Crippen molar-refractivity contribution in [2.45, 2.75) is 71.1 Å². The topological polar surface area (TPSA) is 60.4 Å². The number of Topliss-reactive ketones (excluding diaryl/α,β-unsaturated/α-hetero) is 2. The molecule has 0 saturated heterocycles. The molecule has 23 heavy (non-hydrogen) atoms. The number of methoxy groups -OCH3 is 1. The minimum absolute atomic E-state index is 0.123. The van der Waals surface area contributed by atoms with E-state index in [-0.39, 0.29) is 6.42 Å². The lowest BCUT2D eigenvalue weighted by molar-refractivity contribution is -0.155. The molecule has 4 heteroatoms. The molecule has 0 unspecified atom stereocenters. The van der Waals surface area contributed by atoms with Gasteiger partial charge in [0.25, 0.3) is 0 Å². The Hall–Kier alpha value is -1.71. The molecule has 0 aliphatic rings. The SMILES string of the molecule is CCCCC/C=C\C/C=C\CCCCCC(=O)C(=O)C(=O)OC. The Morgan fingerprint density at radius 1 is 0.826 bits per heavy atom. The van der Waals surface area contributed by atoms with Gasteiger partial charge in [0.1, 0.15) is 0 Å². The number of esters is 1. The Labute approximate surface area is 140 Å². The molecular formula is C19H30O4. The summed E-state index contributed by atoms with van der Waals surface area (Å²) in [7, 11) is 1.10. The zero-order valence-electron chi connectivity index (χ0n) is 14.5. The fourth-order valence-corrected chi connectivity index (χ4v) is 2.06. The van der Waals surface area contributed by atoms with Crippen LogP contribution in [0.25, 0.3) is 0 Å². The molecule has 0 aliphatic carbocycles. The number of carbonyl (C=O) groups excluding carboxylic acids is 3. The van der Waals surface area contributed by atoms with Gasteiger partial charge < -0.3 is 4.74 Å². The number of ketones is 2. The zero-order valence-corrected chi connectivity index (χ0v) is 14.5. The Bertz CT molecular complexity index is 408. The first kappa shape index (κ1) is 21.3. The number of hydrogen-bond donors (Lipinski definition) is 0. The van der Waals surface area contributed by atoms with Crippen LogP contribution in [0.2, 0.25) is 0 Å². The molecular weight excluding hydrogens is 292 g/mol. The van der Waals surface area contributed by atoms with E-state index < -0.39 is 17.5 Å². The lowest BCUT2D eigenvalue weighted by Gasteiger charge is -1.99. The van der Waals surface area contributed by atoms with Gasteiger partial charge in [-0.2, -0.15) is 0 Å². The fraction of sp³-hybridized carbons (Fsp3) is 0.632. The van der Waals surface area contributed by atoms with Gasteiger partial charge in [-0.15, -0.1) is 0 Å². The molecule has 4 nitrogen and oxygen atoms in total. The highest BCUT2D eigenvalue weighted by molar-refractivity contribution is 6.62. The van der Waals surface area contributed by atoms with Crippen molar-refractivity contribution in [3.05, 3.63) is 24.3 Å². The van der Waals surface area contributed by atoms with E-state index >= 15 is 0 Å². The second-order valence-electron chi connectivity index (χ2n) is 5.52. The molecule has 0 aromatic heterocycles. The third-order valence-corrected chi connectivity index (χ3v) is 3.48. The summed E-state index contributed by atoms with van der Waals surface area (Å²) in [5.74, 6) is -2.76. The highest BCUT2D eigenvalue weighted by Gasteiger charge is 2.22. The van der Waals surface area contributed by atoms with Crippen LogP contribution in [0.15, 0.2) is 24.3 Å². The van der Waals surface area contributed by atoms with Crippen molar-refractivity contribution in [2.24, 2.45) is 0 Å². The van der Waals surface area contributed by atoms with Crippen molar-refractivity contribution in [3.63, 3.8) is 0 Å². The summed E-state index contributed by atoms with van der Waals surface area (Å²) in [4.78, 5) is 33.4. The monoisotopic (exact) mass is 322 g/mol. The molecule has 0 rings (SSSR count). The number of allylic oxidation sites excluding steroid dienone is 4. The van der Waals surface area contributed by atoms with Crippen LogP contribution >= 0.6 is 0 Å². The summed E-state index contributed by atoms with van der Waals surface area (Å²) in [6.45, 7) is 2.21. The summed E-state index contributed by atoms with van der Waals surface area (Å²) in [6.07, 6.45) is 18.3. The second kappa shape index (κ2) is 15.2. The molecule has 0 aliphatic heterocycles. The predicted molar refractivity (Wildman–Crippen MR) is 92.2 cm³/mol. The number of hydrogen-bond acceptors (Lipinski definition) is 4. The minimum Gasteiger partial charge on any atom is -0.463 e. The average molecular weight is 322 g/mol.